The predicted octanol–water partition coefficient (Wildman–Crippen LogP) is 1.05. The Morgan fingerprint density at radius 3 is 2.76 bits per heavy atom. The van der Waals surface area contributed by atoms with Crippen LogP contribution in [-0.4, -0.2) is 25.8 Å². The third-order valence-corrected chi connectivity index (χ3v) is 2.56. The topological polar surface area (TPSA) is 104 Å². The molecule has 0 radical (unpaired) electrons. The van der Waals surface area contributed by atoms with E-state index in [1.54, 1.807) is 0 Å². The molecule has 0 aliphatic carbocycles. The van der Waals surface area contributed by atoms with E-state index < -0.39 is 11.6 Å². The van der Waals surface area contributed by atoms with Crippen molar-refractivity contribution < 1.29 is 4.79 Å². The zero-order chi connectivity index (χ0) is 12.4. The van der Waals surface area contributed by atoms with E-state index in [-0.39, 0.29) is 21.7 Å². The molecule has 88 valence electrons. The highest BCUT2D eigenvalue weighted by molar-refractivity contribution is 6.43. The Morgan fingerprint density at radius 1 is 1.35 bits per heavy atom. The molecule has 0 spiro atoms. The van der Waals surface area contributed by atoms with Gasteiger partial charge in [0.25, 0.3) is 5.91 Å². The summed E-state index contributed by atoms with van der Waals surface area (Å²) in [7, 11) is 0. The molecule has 0 aliphatic rings. The number of anilines is 1. The van der Waals surface area contributed by atoms with E-state index in [0.717, 1.165) is 6.33 Å². The van der Waals surface area contributed by atoms with E-state index in [0.29, 0.717) is 0 Å². The SMILES string of the molecule is O=C(Nc1ncnc(Cl)c1Cl)c1c[nH]c(=O)[nH]1. The van der Waals surface area contributed by atoms with Crippen molar-refractivity contribution in [2.24, 2.45) is 0 Å². The molecule has 0 saturated heterocycles. The quantitative estimate of drug-likeness (QED) is 0.712. The number of H-pyrrole nitrogens is 2. The van der Waals surface area contributed by atoms with Crippen molar-refractivity contribution in [2.75, 3.05) is 5.32 Å². The van der Waals surface area contributed by atoms with Gasteiger partial charge in [0, 0.05) is 6.20 Å². The fourth-order valence-corrected chi connectivity index (χ4v) is 1.34. The summed E-state index contributed by atoms with van der Waals surface area (Å²) in [5.41, 5.74) is -0.428. The second-order valence-corrected chi connectivity index (χ2v) is 3.67. The van der Waals surface area contributed by atoms with Gasteiger partial charge in [-0.15, -0.1) is 0 Å². The number of imidazole rings is 1. The summed E-state index contributed by atoms with van der Waals surface area (Å²) in [5.74, 6) is -0.501. The summed E-state index contributed by atoms with van der Waals surface area (Å²) >= 11 is 11.4. The lowest BCUT2D eigenvalue weighted by Crippen LogP contribution is -2.15. The largest absolute Gasteiger partial charge is 0.323 e. The smallest absolute Gasteiger partial charge is 0.312 e. The fraction of sp³-hybridized carbons (Fsp3) is 0. The maximum absolute atomic E-state index is 11.6. The average molecular weight is 274 g/mol. The van der Waals surface area contributed by atoms with E-state index in [2.05, 4.69) is 25.3 Å². The maximum Gasteiger partial charge on any atom is 0.323 e. The van der Waals surface area contributed by atoms with E-state index in [9.17, 15) is 9.59 Å². The van der Waals surface area contributed by atoms with Gasteiger partial charge in [0.05, 0.1) is 0 Å². The lowest BCUT2D eigenvalue weighted by molar-refractivity contribution is 0.102. The summed E-state index contributed by atoms with van der Waals surface area (Å²) in [6.07, 6.45) is 2.39. The molecule has 7 nitrogen and oxygen atoms in total. The van der Waals surface area contributed by atoms with Gasteiger partial charge >= 0.3 is 5.69 Å². The van der Waals surface area contributed by atoms with Crippen molar-refractivity contribution in [3.05, 3.63) is 38.9 Å². The Hall–Kier alpha value is -1.86. The standard InChI is InChI=1S/C8H5Cl2N5O2/c9-4-5(10)12-2-13-6(4)15-7(16)3-1-11-8(17)14-3/h1-2H,(H2,11,14,17)(H,12,13,15,16). The molecule has 1 amide bonds. The zero-order valence-corrected chi connectivity index (χ0v) is 9.63. The molecule has 0 unspecified atom stereocenters. The van der Waals surface area contributed by atoms with Crippen molar-refractivity contribution in [3.63, 3.8) is 0 Å². The van der Waals surface area contributed by atoms with Crippen LogP contribution < -0.4 is 11.0 Å². The molecule has 2 aromatic rings. The monoisotopic (exact) mass is 273 g/mol. The molecule has 0 aromatic carbocycles. The van der Waals surface area contributed by atoms with Crippen LogP contribution in [0.15, 0.2) is 17.3 Å². The first-order valence-corrected chi connectivity index (χ1v) is 5.08. The van der Waals surface area contributed by atoms with Crippen molar-refractivity contribution in [2.45, 2.75) is 0 Å². The van der Waals surface area contributed by atoms with Crippen molar-refractivity contribution >= 4 is 34.9 Å². The Morgan fingerprint density at radius 2 is 2.12 bits per heavy atom. The Bertz CT molecular complexity index is 620. The van der Waals surface area contributed by atoms with Crippen molar-refractivity contribution in [1.82, 2.24) is 19.9 Å². The molecule has 2 heterocycles. The molecule has 17 heavy (non-hydrogen) atoms. The highest BCUT2D eigenvalue weighted by Gasteiger charge is 2.13. The number of rotatable bonds is 2. The number of amides is 1. The summed E-state index contributed by atoms with van der Waals surface area (Å²) in [5, 5.41) is 2.44. The second-order valence-electron chi connectivity index (χ2n) is 2.94. The maximum atomic E-state index is 11.6. The number of hydrogen-bond acceptors (Lipinski definition) is 4. The number of nitrogens with one attached hydrogen (secondary N) is 3. The van der Waals surface area contributed by atoms with E-state index in [1.165, 1.54) is 6.20 Å². The highest BCUT2D eigenvalue weighted by Crippen LogP contribution is 2.25. The number of carbonyl (C=O) groups is 1. The molecule has 0 atom stereocenters. The van der Waals surface area contributed by atoms with Crippen LogP contribution in [0.3, 0.4) is 0 Å². The number of aromatic amines is 2. The number of aromatic nitrogens is 4. The fourth-order valence-electron chi connectivity index (χ4n) is 1.06. The van der Waals surface area contributed by atoms with Gasteiger partial charge in [0.2, 0.25) is 0 Å². The third-order valence-electron chi connectivity index (χ3n) is 1.82. The molecule has 2 aromatic heterocycles. The van der Waals surface area contributed by atoms with Gasteiger partial charge in [-0.2, -0.15) is 0 Å². The first-order valence-electron chi connectivity index (χ1n) is 4.33. The van der Waals surface area contributed by atoms with Crippen molar-refractivity contribution in [1.29, 1.82) is 0 Å². The van der Waals surface area contributed by atoms with Crippen LogP contribution in [0.5, 0.6) is 0 Å². The lowest BCUT2D eigenvalue weighted by Gasteiger charge is -2.04. The first-order chi connectivity index (χ1) is 8.08. The van der Waals surface area contributed by atoms with Gasteiger partial charge in [0.15, 0.2) is 11.0 Å². The molecule has 0 saturated carbocycles. The molecule has 0 aliphatic heterocycles. The number of hydrogen-bond donors (Lipinski definition) is 3. The Kier molecular flexibility index (Phi) is 3.12. The molecule has 2 rings (SSSR count). The van der Waals surface area contributed by atoms with Gasteiger partial charge in [-0.25, -0.2) is 14.8 Å². The summed E-state index contributed by atoms with van der Waals surface area (Å²) in [4.78, 5) is 34.4. The summed E-state index contributed by atoms with van der Waals surface area (Å²) in [6.45, 7) is 0. The van der Waals surface area contributed by atoms with Gasteiger partial charge in [-0.05, 0) is 0 Å². The van der Waals surface area contributed by atoms with Gasteiger partial charge in [-0.3, -0.25) is 4.79 Å². The van der Waals surface area contributed by atoms with E-state index in [1.807, 2.05) is 0 Å². The lowest BCUT2D eigenvalue weighted by atomic mass is 10.4. The Labute approximate surface area is 104 Å². The van der Waals surface area contributed by atoms with Crippen LogP contribution in [-0.2, 0) is 0 Å². The van der Waals surface area contributed by atoms with Crippen LogP contribution in [0, 0.1) is 0 Å². The van der Waals surface area contributed by atoms with Gasteiger partial charge in [0.1, 0.15) is 17.0 Å². The van der Waals surface area contributed by atoms with Gasteiger partial charge < -0.3 is 15.3 Å². The predicted molar refractivity (Wildman–Crippen MR) is 61.4 cm³/mol. The van der Waals surface area contributed by atoms with Gasteiger partial charge in [-0.1, -0.05) is 23.2 Å². The molecular weight excluding hydrogens is 269 g/mol. The van der Waals surface area contributed by atoms with Crippen LogP contribution in [0.2, 0.25) is 10.2 Å². The average Bonchev–Trinajstić information content (AvgIpc) is 2.72. The molecule has 9 heteroatoms. The molecule has 0 bridgehead atoms. The minimum Gasteiger partial charge on any atom is -0.312 e. The second kappa shape index (κ2) is 4.56. The van der Waals surface area contributed by atoms with Crippen LogP contribution in [0.1, 0.15) is 10.5 Å². The minimum absolute atomic E-state index is 0.0273. The van der Waals surface area contributed by atoms with Crippen LogP contribution >= 0.6 is 23.2 Å². The van der Waals surface area contributed by atoms with Crippen LogP contribution in [0.25, 0.3) is 0 Å². The van der Waals surface area contributed by atoms with Crippen molar-refractivity contribution in [3.8, 4) is 0 Å². The number of halogens is 2. The molecular formula is C8H5Cl2N5O2. The molecule has 3 N–H and O–H groups in total. The molecule has 0 fully saturated rings. The number of carbonyl (C=O) groups excluding carboxylic acids is 1. The highest BCUT2D eigenvalue weighted by atomic mass is 35.5. The van der Waals surface area contributed by atoms with Crippen LogP contribution in [0.4, 0.5) is 5.82 Å². The first kappa shape index (κ1) is 11.6. The van der Waals surface area contributed by atoms with E-state index >= 15 is 0 Å². The van der Waals surface area contributed by atoms with E-state index in [4.69, 9.17) is 23.2 Å². The Balaban J connectivity index is 2.24. The normalized spacial score (nSPS) is 10.2. The number of nitrogens with zero attached hydrogens (tertiary/aromatic N) is 2. The summed E-state index contributed by atoms with van der Waals surface area (Å²) < 4.78 is 0. The minimum atomic E-state index is -0.569. The zero-order valence-electron chi connectivity index (χ0n) is 8.12. The third kappa shape index (κ3) is 2.45. The summed E-state index contributed by atoms with van der Waals surface area (Å²) in [6, 6.07) is 0.